The molecule has 0 radical (unpaired) electrons. The van der Waals surface area contributed by atoms with E-state index in [2.05, 4.69) is 16.4 Å². The van der Waals surface area contributed by atoms with E-state index in [0.29, 0.717) is 30.2 Å². The largest absolute Gasteiger partial charge is 0.511 e. The van der Waals surface area contributed by atoms with E-state index in [1.165, 1.54) is 4.88 Å². The predicted molar refractivity (Wildman–Crippen MR) is 106 cm³/mol. The van der Waals surface area contributed by atoms with E-state index in [9.17, 15) is 21.6 Å². The van der Waals surface area contributed by atoms with Gasteiger partial charge in [-0.3, -0.25) is 4.99 Å². The van der Waals surface area contributed by atoms with Gasteiger partial charge >= 0.3 is 15.5 Å². The molecule has 11 heteroatoms. The van der Waals surface area contributed by atoms with Gasteiger partial charge in [-0.25, -0.2) is 8.42 Å². The molecule has 0 aromatic carbocycles. The summed E-state index contributed by atoms with van der Waals surface area (Å²) in [6.45, 7) is 3.72. The number of halogens is 3. The molecule has 6 nitrogen and oxygen atoms in total. The van der Waals surface area contributed by atoms with Crippen LogP contribution in [0.5, 0.6) is 0 Å². The van der Waals surface area contributed by atoms with Crippen molar-refractivity contribution >= 4 is 27.3 Å². The van der Waals surface area contributed by atoms with Crippen molar-refractivity contribution in [1.82, 2.24) is 14.5 Å². The minimum Gasteiger partial charge on any atom is -0.357 e. The van der Waals surface area contributed by atoms with Crippen LogP contribution in [0.3, 0.4) is 0 Å². The normalized spacial score (nSPS) is 17.7. The van der Waals surface area contributed by atoms with Crippen molar-refractivity contribution in [3.8, 4) is 0 Å². The number of likely N-dealkylation sites (N-methyl/N-ethyl adjacent to an activating group) is 1. The fraction of sp³-hybridized carbons (Fsp3) is 0.706. The van der Waals surface area contributed by atoms with E-state index in [1.807, 2.05) is 30.3 Å². The van der Waals surface area contributed by atoms with E-state index >= 15 is 0 Å². The molecule has 0 atom stereocenters. The van der Waals surface area contributed by atoms with Crippen molar-refractivity contribution in [3.63, 3.8) is 0 Å². The number of hydrogen-bond acceptors (Lipinski definition) is 4. The zero-order valence-electron chi connectivity index (χ0n) is 16.1. The highest BCUT2D eigenvalue weighted by molar-refractivity contribution is 7.90. The zero-order chi connectivity index (χ0) is 20.8. The molecule has 2 heterocycles. The first-order valence-electron chi connectivity index (χ1n) is 9.23. The summed E-state index contributed by atoms with van der Waals surface area (Å²) in [7, 11) is -3.28. The van der Waals surface area contributed by atoms with Crippen molar-refractivity contribution in [2.24, 2.45) is 10.9 Å². The van der Waals surface area contributed by atoms with Gasteiger partial charge in [-0.15, -0.1) is 11.3 Å². The summed E-state index contributed by atoms with van der Waals surface area (Å²) < 4.78 is 61.5. The van der Waals surface area contributed by atoms with Gasteiger partial charge in [-0.05, 0) is 43.6 Å². The molecular weight excluding hydrogens is 413 g/mol. The Labute approximate surface area is 168 Å². The van der Waals surface area contributed by atoms with E-state index in [-0.39, 0.29) is 19.0 Å². The Kier molecular flexibility index (Phi) is 8.14. The van der Waals surface area contributed by atoms with Gasteiger partial charge in [0.05, 0.1) is 0 Å². The second-order valence-electron chi connectivity index (χ2n) is 6.74. The average molecular weight is 441 g/mol. The minimum absolute atomic E-state index is 0.0686. The topological polar surface area (TPSA) is 65.0 Å². The highest BCUT2D eigenvalue weighted by Gasteiger charge is 2.50. The molecular formula is C17H27F3N4O2S2. The third kappa shape index (κ3) is 6.08. The van der Waals surface area contributed by atoms with Crippen LogP contribution in [0.2, 0.25) is 0 Å². The number of guanidine groups is 1. The first-order chi connectivity index (χ1) is 13.1. The lowest BCUT2D eigenvalue weighted by molar-refractivity contribution is -0.0496. The lowest BCUT2D eigenvalue weighted by atomic mass is 9.98. The van der Waals surface area contributed by atoms with Gasteiger partial charge in [0.2, 0.25) is 0 Å². The zero-order valence-corrected chi connectivity index (χ0v) is 17.7. The summed E-state index contributed by atoms with van der Waals surface area (Å²) >= 11 is 1.71. The Morgan fingerprint density at radius 2 is 2.07 bits per heavy atom. The molecule has 1 aliphatic rings. The Morgan fingerprint density at radius 3 is 2.61 bits per heavy atom. The fourth-order valence-corrected chi connectivity index (χ4v) is 4.68. The first kappa shape index (κ1) is 23.0. The average Bonchev–Trinajstić information content (AvgIpc) is 3.16. The first-order valence-corrected chi connectivity index (χ1v) is 11.6. The van der Waals surface area contributed by atoms with Crippen LogP contribution in [0, 0.1) is 5.92 Å². The molecule has 0 unspecified atom stereocenters. The van der Waals surface area contributed by atoms with Crippen LogP contribution in [0.1, 0.15) is 24.6 Å². The van der Waals surface area contributed by atoms with Crippen molar-refractivity contribution < 1.29 is 21.6 Å². The summed E-state index contributed by atoms with van der Waals surface area (Å²) in [5.74, 6) is 0.823. The van der Waals surface area contributed by atoms with E-state index < -0.39 is 15.5 Å². The molecule has 0 amide bonds. The van der Waals surface area contributed by atoms with E-state index in [0.717, 1.165) is 18.9 Å². The van der Waals surface area contributed by atoms with Crippen LogP contribution in [0.4, 0.5) is 13.2 Å². The smallest absolute Gasteiger partial charge is 0.357 e. The van der Waals surface area contributed by atoms with Crippen molar-refractivity contribution in [3.05, 3.63) is 22.4 Å². The number of thiophene rings is 1. The number of rotatable bonds is 7. The maximum atomic E-state index is 12.7. The van der Waals surface area contributed by atoms with Crippen LogP contribution < -0.4 is 5.32 Å². The summed E-state index contributed by atoms with van der Waals surface area (Å²) in [6, 6.07) is 4.11. The number of nitrogens with one attached hydrogen (secondary N) is 1. The van der Waals surface area contributed by atoms with E-state index in [1.54, 1.807) is 11.3 Å². The van der Waals surface area contributed by atoms with Crippen LogP contribution in [0.25, 0.3) is 0 Å². The molecule has 1 aromatic heterocycles. The molecule has 0 bridgehead atoms. The molecule has 1 aliphatic heterocycles. The molecule has 0 aliphatic carbocycles. The fourth-order valence-electron chi connectivity index (χ4n) is 3.00. The molecule has 28 heavy (non-hydrogen) atoms. The lowest BCUT2D eigenvalue weighted by Crippen LogP contribution is -2.45. The molecule has 160 valence electrons. The highest BCUT2D eigenvalue weighted by atomic mass is 32.2. The van der Waals surface area contributed by atoms with Gasteiger partial charge in [0.15, 0.2) is 5.96 Å². The van der Waals surface area contributed by atoms with Gasteiger partial charge in [0, 0.05) is 44.6 Å². The van der Waals surface area contributed by atoms with Crippen molar-refractivity contribution in [1.29, 1.82) is 0 Å². The quantitative estimate of drug-likeness (QED) is 0.523. The van der Waals surface area contributed by atoms with Crippen molar-refractivity contribution in [2.45, 2.75) is 31.7 Å². The van der Waals surface area contributed by atoms with Gasteiger partial charge in [-0.1, -0.05) is 6.07 Å². The van der Waals surface area contributed by atoms with E-state index in [4.69, 9.17) is 0 Å². The van der Waals surface area contributed by atoms with Crippen LogP contribution in [-0.4, -0.2) is 68.9 Å². The van der Waals surface area contributed by atoms with Crippen LogP contribution in [0.15, 0.2) is 22.5 Å². The second-order valence-corrected chi connectivity index (χ2v) is 9.70. The maximum absolute atomic E-state index is 12.7. The molecule has 1 saturated heterocycles. The van der Waals surface area contributed by atoms with Gasteiger partial charge in [-0.2, -0.15) is 17.5 Å². The Bertz CT molecular complexity index is 728. The summed E-state index contributed by atoms with van der Waals surface area (Å²) in [5, 5.41) is 5.27. The number of aliphatic imine (C=N–C) groups is 1. The van der Waals surface area contributed by atoms with Crippen LogP contribution in [-0.2, 0) is 16.4 Å². The highest BCUT2D eigenvalue weighted by Crippen LogP contribution is 2.30. The molecule has 1 fully saturated rings. The molecule has 0 spiro atoms. The Balaban J connectivity index is 1.88. The predicted octanol–water partition coefficient (Wildman–Crippen LogP) is 2.75. The van der Waals surface area contributed by atoms with Crippen LogP contribution >= 0.6 is 11.3 Å². The van der Waals surface area contributed by atoms with Gasteiger partial charge in [0.25, 0.3) is 0 Å². The number of piperidine rings is 1. The number of sulfonamides is 1. The van der Waals surface area contributed by atoms with Gasteiger partial charge in [0.1, 0.15) is 0 Å². The molecule has 0 saturated carbocycles. The molecule has 1 aromatic rings. The Hall–Kier alpha value is -1.33. The number of alkyl halides is 3. The van der Waals surface area contributed by atoms with Crippen molar-refractivity contribution in [2.75, 3.05) is 39.8 Å². The summed E-state index contributed by atoms with van der Waals surface area (Å²) in [4.78, 5) is 7.94. The minimum atomic E-state index is -5.23. The monoisotopic (exact) mass is 440 g/mol. The SMILES string of the molecule is CCNC(=NCC1CCN(S(=O)(=O)C(F)(F)F)CC1)N(C)CCc1cccs1. The lowest BCUT2D eigenvalue weighted by Gasteiger charge is -2.31. The summed E-state index contributed by atoms with van der Waals surface area (Å²) in [6.07, 6.45) is 1.65. The molecule has 2 rings (SSSR count). The third-order valence-electron chi connectivity index (χ3n) is 4.68. The third-order valence-corrected chi connectivity index (χ3v) is 7.24. The molecule has 1 N–H and O–H groups in total. The number of nitrogens with zero attached hydrogens (tertiary/aromatic N) is 3. The second kappa shape index (κ2) is 9.93. The summed E-state index contributed by atoms with van der Waals surface area (Å²) in [5.41, 5.74) is -5.23. The standard InChI is InChI=1S/C17H27F3N4O2S2/c1-3-21-16(23(2)9-8-15-5-4-12-27-15)22-13-14-6-10-24(11-7-14)28(25,26)17(18,19)20/h4-5,12,14H,3,6-11,13H2,1-2H3,(H,21,22). The van der Waals surface area contributed by atoms with Gasteiger partial charge < -0.3 is 10.2 Å². The number of hydrogen-bond donors (Lipinski definition) is 1. The maximum Gasteiger partial charge on any atom is 0.511 e. The Morgan fingerprint density at radius 1 is 1.39 bits per heavy atom.